The smallest absolute Gasteiger partial charge is 0.0395 e. The third kappa shape index (κ3) is 8.15. The van der Waals surface area contributed by atoms with Crippen LogP contribution in [0.15, 0.2) is 73.5 Å². The van der Waals surface area contributed by atoms with Gasteiger partial charge in [-0.25, -0.2) is 0 Å². The molecular weight excluding hydrogens is 242 g/mol. The Hall–Kier alpha value is -2.02. The Morgan fingerprint density at radius 3 is 2.75 bits per heavy atom. The molecule has 0 aromatic heterocycles. The molecule has 20 heavy (non-hydrogen) atoms. The van der Waals surface area contributed by atoms with Gasteiger partial charge in [0.25, 0.3) is 0 Å². The molecular formula is C19H25N. The van der Waals surface area contributed by atoms with E-state index in [2.05, 4.69) is 67.5 Å². The molecule has 1 rings (SSSR count). The molecule has 0 heterocycles. The Balaban J connectivity index is 2.06. The monoisotopic (exact) mass is 267 g/mol. The fourth-order valence-corrected chi connectivity index (χ4v) is 1.84. The summed E-state index contributed by atoms with van der Waals surface area (Å²) < 4.78 is 0. The van der Waals surface area contributed by atoms with Crippen molar-refractivity contribution < 1.29 is 0 Å². The lowest BCUT2D eigenvalue weighted by atomic mass is 10.1. The standard InChI is InChI=1S/C19H25N/c1-3-4-5-6-7-8-9-10-11-15-20-17-19-14-12-13-18(2)16-19/h3-7,11-16,20H,1,8-10,17H2,2H3/b5-4-,7-6-,15-11-. The topological polar surface area (TPSA) is 12.0 Å². The van der Waals surface area contributed by atoms with Crippen LogP contribution in [0.25, 0.3) is 0 Å². The molecule has 1 N–H and O–H groups in total. The van der Waals surface area contributed by atoms with Crippen molar-refractivity contribution in [2.75, 3.05) is 0 Å². The largest absolute Gasteiger partial charge is 0.387 e. The minimum Gasteiger partial charge on any atom is -0.387 e. The molecule has 0 saturated heterocycles. The van der Waals surface area contributed by atoms with E-state index in [1.165, 1.54) is 17.5 Å². The van der Waals surface area contributed by atoms with E-state index in [9.17, 15) is 0 Å². The average molecular weight is 267 g/mol. The lowest BCUT2D eigenvalue weighted by molar-refractivity contribution is 0.833. The predicted molar refractivity (Wildman–Crippen MR) is 89.5 cm³/mol. The molecule has 1 aromatic rings. The van der Waals surface area contributed by atoms with E-state index in [-0.39, 0.29) is 0 Å². The lowest BCUT2D eigenvalue weighted by Crippen LogP contribution is -2.04. The Kier molecular flexibility index (Phi) is 8.71. The van der Waals surface area contributed by atoms with E-state index in [0.717, 1.165) is 19.4 Å². The summed E-state index contributed by atoms with van der Waals surface area (Å²) in [5.41, 5.74) is 2.64. The van der Waals surface area contributed by atoms with Gasteiger partial charge in [-0.3, -0.25) is 0 Å². The summed E-state index contributed by atoms with van der Waals surface area (Å²) in [5, 5.41) is 3.33. The van der Waals surface area contributed by atoms with Crippen LogP contribution in [0.2, 0.25) is 0 Å². The van der Waals surface area contributed by atoms with Gasteiger partial charge in [0.15, 0.2) is 0 Å². The van der Waals surface area contributed by atoms with Crippen molar-refractivity contribution in [2.24, 2.45) is 0 Å². The second kappa shape index (κ2) is 10.9. The van der Waals surface area contributed by atoms with E-state index < -0.39 is 0 Å². The number of nitrogens with one attached hydrogen (secondary N) is 1. The highest BCUT2D eigenvalue weighted by Crippen LogP contribution is 2.03. The van der Waals surface area contributed by atoms with Gasteiger partial charge >= 0.3 is 0 Å². The first kappa shape index (κ1) is 16.0. The highest BCUT2D eigenvalue weighted by molar-refractivity contribution is 5.22. The van der Waals surface area contributed by atoms with E-state index >= 15 is 0 Å². The van der Waals surface area contributed by atoms with Crippen LogP contribution >= 0.6 is 0 Å². The third-order valence-corrected chi connectivity index (χ3v) is 2.86. The van der Waals surface area contributed by atoms with Crippen LogP contribution in [0.1, 0.15) is 30.4 Å². The van der Waals surface area contributed by atoms with Gasteiger partial charge in [0.2, 0.25) is 0 Å². The molecule has 0 saturated carbocycles. The Morgan fingerprint density at radius 2 is 1.95 bits per heavy atom. The molecule has 0 aliphatic carbocycles. The van der Waals surface area contributed by atoms with Crippen molar-refractivity contribution in [2.45, 2.75) is 32.7 Å². The summed E-state index contributed by atoms with van der Waals surface area (Å²) in [6, 6.07) is 8.58. The van der Waals surface area contributed by atoms with Crippen LogP contribution in [0.5, 0.6) is 0 Å². The van der Waals surface area contributed by atoms with E-state index in [4.69, 9.17) is 0 Å². The summed E-state index contributed by atoms with van der Waals surface area (Å²) in [5.74, 6) is 0. The number of hydrogen-bond donors (Lipinski definition) is 1. The van der Waals surface area contributed by atoms with E-state index in [0.29, 0.717) is 0 Å². The molecule has 0 radical (unpaired) electrons. The average Bonchev–Trinajstić information content (AvgIpc) is 2.45. The number of hydrogen-bond acceptors (Lipinski definition) is 1. The first-order chi connectivity index (χ1) is 9.83. The highest BCUT2D eigenvalue weighted by Gasteiger charge is 1.89. The normalized spacial score (nSPS) is 11.7. The van der Waals surface area contributed by atoms with Gasteiger partial charge in [0.1, 0.15) is 0 Å². The predicted octanol–water partition coefficient (Wildman–Crippen LogP) is 5.07. The van der Waals surface area contributed by atoms with Crippen molar-refractivity contribution in [1.29, 1.82) is 0 Å². The van der Waals surface area contributed by atoms with Crippen LogP contribution in [0.3, 0.4) is 0 Å². The fraction of sp³-hybridized carbons (Fsp3) is 0.263. The SMILES string of the molecule is C=C/C=C\C=C/CCC/C=C\NCc1cccc(C)c1. The maximum atomic E-state index is 3.63. The first-order valence-electron chi connectivity index (χ1n) is 7.21. The molecule has 0 amide bonds. The summed E-state index contributed by atoms with van der Waals surface area (Å²) in [6.07, 6.45) is 17.6. The zero-order valence-corrected chi connectivity index (χ0v) is 12.4. The summed E-state index contributed by atoms with van der Waals surface area (Å²) in [4.78, 5) is 0. The summed E-state index contributed by atoms with van der Waals surface area (Å²) in [7, 11) is 0. The maximum Gasteiger partial charge on any atom is 0.0395 e. The van der Waals surface area contributed by atoms with Crippen LogP contribution in [0, 0.1) is 6.92 Å². The molecule has 0 bridgehead atoms. The van der Waals surface area contributed by atoms with Gasteiger partial charge in [0.05, 0.1) is 0 Å². The molecule has 0 atom stereocenters. The molecule has 1 nitrogen and oxygen atoms in total. The van der Waals surface area contributed by atoms with E-state index in [1.807, 2.05) is 12.2 Å². The van der Waals surface area contributed by atoms with Gasteiger partial charge in [-0.05, 0) is 37.9 Å². The molecule has 0 unspecified atom stereocenters. The zero-order valence-electron chi connectivity index (χ0n) is 12.4. The minimum absolute atomic E-state index is 0.893. The van der Waals surface area contributed by atoms with Crippen LogP contribution < -0.4 is 5.32 Å². The van der Waals surface area contributed by atoms with Gasteiger partial charge in [-0.2, -0.15) is 0 Å². The first-order valence-corrected chi connectivity index (χ1v) is 7.21. The second-order valence-electron chi connectivity index (χ2n) is 4.75. The Labute approximate surface area is 123 Å². The van der Waals surface area contributed by atoms with Crippen molar-refractivity contribution in [3.05, 3.63) is 84.6 Å². The Morgan fingerprint density at radius 1 is 1.10 bits per heavy atom. The second-order valence-corrected chi connectivity index (χ2v) is 4.75. The van der Waals surface area contributed by atoms with Crippen molar-refractivity contribution in [1.82, 2.24) is 5.32 Å². The fourth-order valence-electron chi connectivity index (χ4n) is 1.84. The minimum atomic E-state index is 0.893. The van der Waals surface area contributed by atoms with Crippen molar-refractivity contribution in [3.8, 4) is 0 Å². The molecule has 1 heteroatoms. The Bertz CT molecular complexity index is 466. The molecule has 0 fully saturated rings. The summed E-state index contributed by atoms with van der Waals surface area (Å²) >= 11 is 0. The maximum absolute atomic E-state index is 3.63. The number of allylic oxidation sites excluding steroid dienone is 6. The molecule has 1 aromatic carbocycles. The third-order valence-electron chi connectivity index (χ3n) is 2.86. The van der Waals surface area contributed by atoms with Crippen LogP contribution in [-0.4, -0.2) is 0 Å². The summed E-state index contributed by atoms with van der Waals surface area (Å²) in [6.45, 7) is 6.64. The zero-order chi connectivity index (χ0) is 14.5. The molecule has 106 valence electrons. The van der Waals surface area contributed by atoms with Gasteiger partial charge in [-0.15, -0.1) is 0 Å². The number of benzene rings is 1. The van der Waals surface area contributed by atoms with Crippen LogP contribution in [0.4, 0.5) is 0 Å². The highest BCUT2D eigenvalue weighted by atomic mass is 14.8. The van der Waals surface area contributed by atoms with E-state index in [1.54, 1.807) is 6.08 Å². The van der Waals surface area contributed by atoms with Crippen molar-refractivity contribution in [3.63, 3.8) is 0 Å². The number of unbranched alkanes of at least 4 members (excludes halogenated alkanes) is 2. The van der Waals surface area contributed by atoms with Gasteiger partial charge in [0, 0.05) is 6.54 Å². The lowest BCUT2D eigenvalue weighted by Gasteiger charge is -2.02. The molecule has 0 aliphatic heterocycles. The number of rotatable bonds is 9. The van der Waals surface area contributed by atoms with Gasteiger partial charge < -0.3 is 5.32 Å². The molecule has 0 spiro atoms. The number of aryl methyl sites for hydroxylation is 1. The van der Waals surface area contributed by atoms with Crippen LogP contribution in [-0.2, 0) is 6.54 Å². The van der Waals surface area contributed by atoms with Gasteiger partial charge in [-0.1, -0.05) is 72.9 Å². The molecule has 0 aliphatic rings. The quantitative estimate of drug-likeness (QED) is 0.486. The van der Waals surface area contributed by atoms with Crippen molar-refractivity contribution >= 4 is 0 Å².